The number of hydrogen-bond donors (Lipinski definition) is 1. The van der Waals surface area contributed by atoms with Gasteiger partial charge in [0.05, 0.1) is 0 Å². The Bertz CT molecular complexity index is 225. The van der Waals surface area contributed by atoms with Crippen molar-refractivity contribution in [1.82, 2.24) is 9.78 Å². The van der Waals surface area contributed by atoms with Gasteiger partial charge in [-0.1, -0.05) is 6.92 Å². The van der Waals surface area contributed by atoms with E-state index in [1.165, 1.54) is 0 Å². The van der Waals surface area contributed by atoms with Crippen molar-refractivity contribution in [3.8, 4) is 0 Å². The van der Waals surface area contributed by atoms with Crippen LogP contribution in [0.2, 0.25) is 0 Å². The molecule has 12 heavy (non-hydrogen) atoms. The summed E-state index contributed by atoms with van der Waals surface area (Å²) in [5, 5.41) is 4.05. The van der Waals surface area contributed by atoms with Crippen LogP contribution in [-0.2, 0) is 11.5 Å². The van der Waals surface area contributed by atoms with Crippen molar-refractivity contribution in [3.63, 3.8) is 0 Å². The van der Waals surface area contributed by atoms with E-state index in [1.807, 2.05) is 13.1 Å². The molecular formula is C8H15N3O. The zero-order valence-corrected chi connectivity index (χ0v) is 7.58. The van der Waals surface area contributed by atoms with E-state index in [-0.39, 0.29) is 0 Å². The van der Waals surface area contributed by atoms with Crippen molar-refractivity contribution in [2.45, 2.75) is 27.0 Å². The average Bonchev–Trinajstić information content (AvgIpc) is 2.32. The number of ether oxygens (including phenoxy) is 1. The van der Waals surface area contributed by atoms with Gasteiger partial charge in [-0.25, -0.2) is 4.68 Å². The van der Waals surface area contributed by atoms with Crippen LogP contribution in [-0.4, -0.2) is 16.4 Å². The highest BCUT2D eigenvalue weighted by molar-refractivity contribution is 5.35. The van der Waals surface area contributed by atoms with Crippen LogP contribution in [0.3, 0.4) is 0 Å². The summed E-state index contributed by atoms with van der Waals surface area (Å²) >= 11 is 0. The van der Waals surface area contributed by atoms with E-state index >= 15 is 0 Å². The first-order valence-corrected chi connectivity index (χ1v) is 4.11. The summed E-state index contributed by atoms with van der Waals surface area (Å²) in [6.45, 7) is 5.26. The van der Waals surface area contributed by atoms with E-state index in [9.17, 15) is 0 Å². The molecule has 0 atom stereocenters. The van der Waals surface area contributed by atoms with Crippen molar-refractivity contribution < 1.29 is 4.74 Å². The Morgan fingerprint density at radius 1 is 1.67 bits per heavy atom. The number of anilines is 1. The summed E-state index contributed by atoms with van der Waals surface area (Å²) in [4.78, 5) is 0. The predicted octanol–water partition coefficient (Wildman–Crippen LogP) is 1.16. The Morgan fingerprint density at radius 2 is 2.42 bits per heavy atom. The Morgan fingerprint density at radius 3 is 2.92 bits per heavy atom. The molecule has 0 bridgehead atoms. The molecule has 1 aromatic heterocycles. The van der Waals surface area contributed by atoms with E-state index in [0.29, 0.717) is 12.5 Å². The summed E-state index contributed by atoms with van der Waals surface area (Å²) in [6.07, 6.45) is 2.90. The number of rotatable bonds is 4. The lowest BCUT2D eigenvalue weighted by atomic mass is 10.4. The molecule has 0 spiro atoms. The molecule has 0 aromatic carbocycles. The minimum atomic E-state index is 0.492. The number of nitrogen functional groups attached to an aromatic ring is 1. The zero-order chi connectivity index (χ0) is 8.97. The first kappa shape index (κ1) is 9.06. The second-order valence-electron chi connectivity index (χ2n) is 2.77. The van der Waals surface area contributed by atoms with Crippen LogP contribution in [0, 0.1) is 6.92 Å². The molecule has 0 saturated heterocycles. The first-order valence-electron chi connectivity index (χ1n) is 4.11. The highest BCUT2D eigenvalue weighted by Gasteiger charge is 1.98. The first-order chi connectivity index (χ1) is 5.74. The molecule has 0 aliphatic heterocycles. The normalized spacial score (nSPS) is 10.5. The summed E-state index contributed by atoms with van der Waals surface area (Å²) in [7, 11) is 0. The van der Waals surface area contributed by atoms with Gasteiger partial charge < -0.3 is 10.5 Å². The lowest BCUT2D eigenvalue weighted by Crippen LogP contribution is -2.04. The topological polar surface area (TPSA) is 53.1 Å². The number of nitrogens with two attached hydrogens (primary N) is 1. The monoisotopic (exact) mass is 169 g/mol. The molecule has 0 saturated carbocycles. The van der Waals surface area contributed by atoms with Gasteiger partial charge in [0, 0.05) is 18.4 Å². The van der Waals surface area contributed by atoms with Crippen LogP contribution in [0.15, 0.2) is 6.20 Å². The predicted molar refractivity (Wildman–Crippen MR) is 47.6 cm³/mol. The van der Waals surface area contributed by atoms with E-state index in [2.05, 4.69) is 12.0 Å². The summed E-state index contributed by atoms with van der Waals surface area (Å²) in [5.74, 6) is 0.579. The Balaban J connectivity index is 2.42. The molecule has 1 rings (SSSR count). The van der Waals surface area contributed by atoms with Crippen LogP contribution in [0.1, 0.15) is 18.9 Å². The summed E-state index contributed by atoms with van der Waals surface area (Å²) < 4.78 is 6.99. The largest absolute Gasteiger partial charge is 0.382 e. The zero-order valence-electron chi connectivity index (χ0n) is 7.58. The van der Waals surface area contributed by atoms with Gasteiger partial charge in [-0.2, -0.15) is 5.10 Å². The van der Waals surface area contributed by atoms with Crippen molar-refractivity contribution in [3.05, 3.63) is 11.8 Å². The van der Waals surface area contributed by atoms with Gasteiger partial charge in [-0.15, -0.1) is 0 Å². The van der Waals surface area contributed by atoms with Crippen LogP contribution in [0.5, 0.6) is 0 Å². The standard InChI is InChI=1S/C8H15N3O/c1-3-4-12-6-11-5-7(2)8(9)10-11/h5H,3-4,6H2,1-2H3,(H2,9,10). The Labute approximate surface area is 72.3 Å². The minimum absolute atomic E-state index is 0.492. The van der Waals surface area contributed by atoms with Crippen LogP contribution >= 0.6 is 0 Å². The fourth-order valence-corrected chi connectivity index (χ4v) is 0.904. The molecule has 0 unspecified atom stereocenters. The van der Waals surface area contributed by atoms with Gasteiger partial charge in [-0.3, -0.25) is 0 Å². The molecule has 4 heteroatoms. The fraction of sp³-hybridized carbons (Fsp3) is 0.625. The second kappa shape index (κ2) is 4.11. The molecule has 0 radical (unpaired) electrons. The van der Waals surface area contributed by atoms with Gasteiger partial charge in [0.2, 0.25) is 0 Å². The average molecular weight is 169 g/mol. The van der Waals surface area contributed by atoms with Crippen molar-refractivity contribution in [2.75, 3.05) is 12.3 Å². The number of aromatic nitrogens is 2. The smallest absolute Gasteiger partial charge is 0.148 e. The molecule has 4 nitrogen and oxygen atoms in total. The molecule has 0 amide bonds. The van der Waals surface area contributed by atoms with Crippen LogP contribution < -0.4 is 5.73 Å². The van der Waals surface area contributed by atoms with Gasteiger partial charge in [0.25, 0.3) is 0 Å². The van der Waals surface area contributed by atoms with Crippen LogP contribution in [0.4, 0.5) is 5.82 Å². The fourth-order valence-electron chi connectivity index (χ4n) is 0.904. The van der Waals surface area contributed by atoms with Crippen LogP contribution in [0.25, 0.3) is 0 Å². The SMILES string of the molecule is CCCOCn1cc(C)c(N)n1. The molecular weight excluding hydrogens is 154 g/mol. The maximum Gasteiger partial charge on any atom is 0.148 e. The maximum atomic E-state index is 5.56. The van der Waals surface area contributed by atoms with Gasteiger partial charge in [-0.05, 0) is 13.3 Å². The number of nitrogens with zero attached hydrogens (tertiary/aromatic N) is 2. The highest BCUT2D eigenvalue weighted by atomic mass is 16.5. The third-order valence-corrected chi connectivity index (χ3v) is 1.55. The Kier molecular flexibility index (Phi) is 3.10. The van der Waals surface area contributed by atoms with Gasteiger partial charge in [0.15, 0.2) is 0 Å². The molecule has 68 valence electrons. The van der Waals surface area contributed by atoms with Crippen molar-refractivity contribution >= 4 is 5.82 Å². The second-order valence-corrected chi connectivity index (χ2v) is 2.77. The highest BCUT2D eigenvalue weighted by Crippen LogP contribution is 2.05. The molecule has 1 heterocycles. The quantitative estimate of drug-likeness (QED) is 0.688. The van der Waals surface area contributed by atoms with Gasteiger partial charge >= 0.3 is 0 Å². The molecule has 2 N–H and O–H groups in total. The summed E-state index contributed by atoms with van der Waals surface area (Å²) in [6, 6.07) is 0. The molecule has 0 aliphatic rings. The third kappa shape index (κ3) is 2.23. The van der Waals surface area contributed by atoms with E-state index < -0.39 is 0 Å². The lowest BCUT2D eigenvalue weighted by molar-refractivity contribution is 0.0695. The van der Waals surface area contributed by atoms with Crippen molar-refractivity contribution in [1.29, 1.82) is 0 Å². The van der Waals surface area contributed by atoms with Crippen molar-refractivity contribution in [2.24, 2.45) is 0 Å². The Hall–Kier alpha value is -1.03. The molecule has 0 fully saturated rings. The third-order valence-electron chi connectivity index (χ3n) is 1.55. The number of hydrogen-bond acceptors (Lipinski definition) is 3. The molecule has 1 aromatic rings. The van der Waals surface area contributed by atoms with E-state index in [0.717, 1.165) is 18.6 Å². The minimum Gasteiger partial charge on any atom is -0.382 e. The lowest BCUT2D eigenvalue weighted by Gasteiger charge is -2.00. The molecule has 0 aliphatic carbocycles. The number of aryl methyl sites for hydroxylation is 1. The van der Waals surface area contributed by atoms with E-state index in [1.54, 1.807) is 4.68 Å². The maximum absolute atomic E-state index is 5.56. The van der Waals surface area contributed by atoms with E-state index in [4.69, 9.17) is 10.5 Å². The summed E-state index contributed by atoms with van der Waals surface area (Å²) in [5.41, 5.74) is 6.55. The van der Waals surface area contributed by atoms with Gasteiger partial charge in [0.1, 0.15) is 12.5 Å².